The number of benzene rings is 2. The fraction of sp³-hybridized carbons (Fsp3) is 0.294. The van der Waals surface area contributed by atoms with E-state index >= 15 is 0 Å². The summed E-state index contributed by atoms with van der Waals surface area (Å²) in [6, 6.07) is 12.7. The quantitative estimate of drug-likeness (QED) is 0.852. The van der Waals surface area contributed by atoms with Crippen LogP contribution in [0.5, 0.6) is 5.75 Å². The predicted octanol–water partition coefficient (Wildman–Crippen LogP) is 4.71. The second kappa shape index (κ2) is 6.42. The maximum absolute atomic E-state index is 13.9. The van der Waals surface area contributed by atoms with Gasteiger partial charge in [-0.1, -0.05) is 31.2 Å². The highest BCUT2D eigenvalue weighted by Gasteiger charge is 2.15. The molecule has 1 unspecified atom stereocenters. The summed E-state index contributed by atoms with van der Waals surface area (Å²) < 4.78 is 19.3. The monoisotopic (exact) mass is 273 g/mol. The van der Waals surface area contributed by atoms with Crippen molar-refractivity contribution in [3.8, 4) is 5.75 Å². The number of aryl methyl sites for hydroxylation is 1. The van der Waals surface area contributed by atoms with E-state index in [1.54, 1.807) is 13.2 Å². The summed E-state index contributed by atoms with van der Waals surface area (Å²) in [5, 5.41) is 3.38. The molecular formula is C17H20FNO. The lowest BCUT2D eigenvalue weighted by Gasteiger charge is -2.21. The summed E-state index contributed by atoms with van der Waals surface area (Å²) in [4.78, 5) is 0. The molecule has 0 fully saturated rings. The van der Waals surface area contributed by atoms with Gasteiger partial charge in [-0.3, -0.25) is 0 Å². The molecule has 3 heteroatoms. The number of methoxy groups -OCH3 is 1. The Morgan fingerprint density at radius 1 is 1.20 bits per heavy atom. The van der Waals surface area contributed by atoms with E-state index in [4.69, 9.17) is 4.74 Å². The Bertz CT molecular complexity index is 583. The highest BCUT2D eigenvalue weighted by molar-refractivity contribution is 5.59. The first-order chi connectivity index (χ1) is 9.65. The van der Waals surface area contributed by atoms with Gasteiger partial charge >= 0.3 is 0 Å². The first-order valence-electron chi connectivity index (χ1n) is 6.81. The van der Waals surface area contributed by atoms with Crippen molar-refractivity contribution in [3.63, 3.8) is 0 Å². The van der Waals surface area contributed by atoms with Gasteiger partial charge in [0.15, 0.2) is 0 Å². The van der Waals surface area contributed by atoms with E-state index in [0.29, 0.717) is 5.56 Å². The van der Waals surface area contributed by atoms with Crippen LogP contribution in [0.4, 0.5) is 10.1 Å². The minimum atomic E-state index is -0.182. The van der Waals surface area contributed by atoms with Gasteiger partial charge in [0, 0.05) is 5.56 Å². The van der Waals surface area contributed by atoms with Crippen LogP contribution in [0.1, 0.15) is 30.5 Å². The molecule has 0 aliphatic rings. The van der Waals surface area contributed by atoms with Gasteiger partial charge in [0.1, 0.15) is 11.6 Å². The van der Waals surface area contributed by atoms with Crippen molar-refractivity contribution in [1.82, 2.24) is 0 Å². The molecule has 2 nitrogen and oxygen atoms in total. The first-order valence-corrected chi connectivity index (χ1v) is 6.81. The SMILES string of the molecule is CCC(Nc1cc(C)ccc1OC)c1ccccc1F. The Hall–Kier alpha value is -2.03. The summed E-state index contributed by atoms with van der Waals surface area (Å²) in [7, 11) is 1.64. The highest BCUT2D eigenvalue weighted by Crippen LogP contribution is 2.31. The lowest BCUT2D eigenvalue weighted by atomic mass is 10.0. The van der Waals surface area contributed by atoms with Crippen molar-refractivity contribution in [3.05, 3.63) is 59.4 Å². The standard InChI is InChI=1S/C17H20FNO/c1-4-15(13-7-5-6-8-14(13)18)19-16-11-12(2)9-10-17(16)20-3/h5-11,15,19H,4H2,1-3H3. The zero-order valence-electron chi connectivity index (χ0n) is 12.1. The van der Waals surface area contributed by atoms with Crippen LogP contribution in [-0.4, -0.2) is 7.11 Å². The number of rotatable bonds is 5. The third-order valence-electron chi connectivity index (χ3n) is 3.37. The van der Waals surface area contributed by atoms with E-state index in [1.807, 2.05) is 44.2 Å². The van der Waals surface area contributed by atoms with Crippen LogP contribution >= 0.6 is 0 Å². The van der Waals surface area contributed by atoms with E-state index in [0.717, 1.165) is 23.4 Å². The average Bonchev–Trinajstić information content (AvgIpc) is 2.46. The molecule has 0 aromatic heterocycles. The summed E-state index contributed by atoms with van der Waals surface area (Å²) in [5.74, 6) is 0.587. The number of hydrogen-bond acceptors (Lipinski definition) is 2. The second-order valence-corrected chi connectivity index (χ2v) is 4.83. The molecule has 0 heterocycles. The van der Waals surface area contributed by atoms with Crippen LogP contribution in [0.2, 0.25) is 0 Å². The third-order valence-corrected chi connectivity index (χ3v) is 3.37. The number of hydrogen-bond donors (Lipinski definition) is 1. The molecule has 1 N–H and O–H groups in total. The summed E-state index contributed by atoms with van der Waals surface area (Å²) in [6.45, 7) is 4.06. The molecule has 20 heavy (non-hydrogen) atoms. The fourth-order valence-corrected chi connectivity index (χ4v) is 2.28. The third kappa shape index (κ3) is 3.10. The smallest absolute Gasteiger partial charge is 0.141 e. The Labute approximate surface area is 119 Å². The van der Waals surface area contributed by atoms with Crippen LogP contribution in [0, 0.1) is 12.7 Å². The van der Waals surface area contributed by atoms with Crippen molar-refractivity contribution < 1.29 is 9.13 Å². The number of halogens is 1. The largest absolute Gasteiger partial charge is 0.495 e. The van der Waals surface area contributed by atoms with E-state index in [1.165, 1.54) is 6.07 Å². The minimum Gasteiger partial charge on any atom is -0.495 e. The van der Waals surface area contributed by atoms with E-state index in [9.17, 15) is 4.39 Å². The van der Waals surface area contributed by atoms with Gasteiger partial charge in [-0.05, 0) is 37.1 Å². The predicted molar refractivity (Wildman–Crippen MR) is 80.8 cm³/mol. The topological polar surface area (TPSA) is 21.3 Å². The van der Waals surface area contributed by atoms with Crippen molar-refractivity contribution in [2.75, 3.05) is 12.4 Å². The zero-order valence-corrected chi connectivity index (χ0v) is 12.1. The van der Waals surface area contributed by atoms with Crippen molar-refractivity contribution in [2.24, 2.45) is 0 Å². The first kappa shape index (κ1) is 14.4. The molecule has 2 aromatic rings. The molecule has 1 atom stereocenters. The molecule has 0 amide bonds. The van der Waals surface area contributed by atoms with Crippen LogP contribution in [0.25, 0.3) is 0 Å². The molecule has 0 bridgehead atoms. The van der Waals surface area contributed by atoms with Gasteiger partial charge < -0.3 is 10.1 Å². The Morgan fingerprint density at radius 2 is 1.95 bits per heavy atom. The molecule has 106 valence electrons. The fourth-order valence-electron chi connectivity index (χ4n) is 2.28. The Kier molecular flexibility index (Phi) is 4.61. The summed E-state index contributed by atoms with van der Waals surface area (Å²) in [6.07, 6.45) is 0.790. The zero-order chi connectivity index (χ0) is 14.5. The minimum absolute atomic E-state index is 0.0769. The van der Waals surface area contributed by atoms with E-state index in [-0.39, 0.29) is 11.9 Å². The van der Waals surface area contributed by atoms with E-state index < -0.39 is 0 Å². The van der Waals surface area contributed by atoms with Crippen LogP contribution in [-0.2, 0) is 0 Å². The molecule has 0 saturated heterocycles. The maximum Gasteiger partial charge on any atom is 0.141 e. The van der Waals surface area contributed by atoms with Crippen molar-refractivity contribution >= 4 is 5.69 Å². The Balaban J connectivity index is 2.31. The maximum atomic E-state index is 13.9. The Morgan fingerprint density at radius 3 is 2.60 bits per heavy atom. The van der Waals surface area contributed by atoms with Gasteiger partial charge in [0.25, 0.3) is 0 Å². The van der Waals surface area contributed by atoms with Gasteiger partial charge in [-0.2, -0.15) is 0 Å². The lowest BCUT2D eigenvalue weighted by Crippen LogP contribution is -2.12. The summed E-state index contributed by atoms with van der Waals surface area (Å²) >= 11 is 0. The molecule has 0 spiro atoms. The molecule has 0 aliphatic heterocycles. The van der Waals surface area contributed by atoms with Crippen LogP contribution in [0.3, 0.4) is 0 Å². The van der Waals surface area contributed by atoms with Gasteiger partial charge in [-0.15, -0.1) is 0 Å². The lowest BCUT2D eigenvalue weighted by molar-refractivity contribution is 0.415. The molecule has 2 rings (SSSR count). The highest BCUT2D eigenvalue weighted by atomic mass is 19.1. The molecule has 0 aliphatic carbocycles. The summed E-state index contributed by atoms with van der Waals surface area (Å²) in [5.41, 5.74) is 2.71. The average molecular weight is 273 g/mol. The number of anilines is 1. The van der Waals surface area contributed by atoms with Crippen molar-refractivity contribution in [1.29, 1.82) is 0 Å². The number of nitrogens with one attached hydrogen (secondary N) is 1. The van der Waals surface area contributed by atoms with Gasteiger partial charge in [0.2, 0.25) is 0 Å². The second-order valence-electron chi connectivity index (χ2n) is 4.83. The van der Waals surface area contributed by atoms with Gasteiger partial charge in [-0.25, -0.2) is 4.39 Å². The van der Waals surface area contributed by atoms with Crippen LogP contribution < -0.4 is 10.1 Å². The molecule has 2 aromatic carbocycles. The van der Waals surface area contributed by atoms with Gasteiger partial charge in [0.05, 0.1) is 18.8 Å². The number of ether oxygens (including phenoxy) is 1. The van der Waals surface area contributed by atoms with Crippen molar-refractivity contribution in [2.45, 2.75) is 26.3 Å². The van der Waals surface area contributed by atoms with E-state index in [2.05, 4.69) is 5.32 Å². The molecular weight excluding hydrogens is 253 g/mol. The van der Waals surface area contributed by atoms with Crippen LogP contribution in [0.15, 0.2) is 42.5 Å². The normalized spacial score (nSPS) is 12.0. The molecule has 0 saturated carbocycles. The molecule has 0 radical (unpaired) electrons.